The van der Waals surface area contributed by atoms with Crippen LogP contribution < -0.4 is 5.32 Å². The Hall–Kier alpha value is -1.63. The molecule has 0 unspecified atom stereocenters. The van der Waals surface area contributed by atoms with Crippen molar-refractivity contribution in [2.45, 2.75) is 25.7 Å². The average Bonchev–Trinajstić information content (AvgIpc) is 2.98. The standard InChI is InChI=1S/C13H21N3O4/c1-15-7-11(19)16(12(15)20)6-10(18)14-8-13(9-17)4-2-3-5-13/h17H,2-9H2,1H3,(H,14,18). The summed E-state index contributed by atoms with van der Waals surface area (Å²) in [7, 11) is 1.53. The highest BCUT2D eigenvalue weighted by molar-refractivity contribution is 6.04. The predicted molar refractivity (Wildman–Crippen MR) is 70.7 cm³/mol. The molecule has 7 nitrogen and oxygen atoms in total. The fraction of sp³-hybridized carbons (Fsp3) is 0.769. The second-order valence-electron chi connectivity index (χ2n) is 5.76. The van der Waals surface area contributed by atoms with Gasteiger partial charge in [-0.2, -0.15) is 0 Å². The Kier molecular flexibility index (Phi) is 4.27. The number of aliphatic hydroxyl groups is 1. The van der Waals surface area contributed by atoms with Gasteiger partial charge in [-0.25, -0.2) is 4.79 Å². The zero-order valence-electron chi connectivity index (χ0n) is 11.7. The quantitative estimate of drug-likeness (QED) is 0.669. The molecule has 7 heteroatoms. The largest absolute Gasteiger partial charge is 0.396 e. The molecular formula is C13H21N3O4. The van der Waals surface area contributed by atoms with Crippen LogP contribution in [-0.4, -0.2) is 66.0 Å². The Balaban J connectivity index is 1.84. The number of urea groups is 1. The Bertz CT molecular complexity index is 418. The van der Waals surface area contributed by atoms with E-state index in [-0.39, 0.29) is 36.9 Å². The first kappa shape index (κ1) is 14.8. The minimum Gasteiger partial charge on any atom is -0.396 e. The average molecular weight is 283 g/mol. The molecule has 112 valence electrons. The normalized spacial score (nSPS) is 21.7. The number of hydrogen-bond donors (Lipinski definition) is 2. The number of aliphatic hydroxyl groups excluding tert-OH is 1. The molecule has 1 saturated carbocycles. The summed E-state index contributed by atoms with van der Waals surface area (Å²) >= 11 is 0. The first-order chi connectivity index (χ1) is 9.47. The predicted octanol–water partition coefficient (Wildman–Crippen LogP) is -0.451. The summed E-state index contributed by atoms with van der Waals surface area (Å²) in [5.74, 6) is -0.716. The van der Waals surface area contributed by atoms with E-state index in [9.17, 15) is 19.5 Å². The number of rotatable bonds is 5. The summed E-state index contributed by atoms with van der Waals surface area (Å²) in [6, 6.07) is -0.442. The summed E-state index contributed by atoms with van der Waals surface area (Å²) in [5, 5.41) is 12.2. The molecule has 0 spiro atoms. The molecule has 0 aromatic rings. The number of carbonyl (C=O) groups is 3. The van der Waals surface area contributed by atoms with Crippen LogP contribution in [0, 0.1) is 5.41 Å². The number of hydrogen-bond acceptors (Lipinski definition) is 4. The van der Waals surface area contributed by atoms with E-state index in [2.05, 4.69) is 5.32 Å². The van der Waals surface area contributed by atoms with Gasteiger partial charge in [-0.1, -0.05) is 12.8 Å². The number of nitrogens with one attached hydrogen (secondary N) is 1. The van der Waals surface area contributed by atoms with Gasteiger partial charge in [0.15, 0.2) is 0 Å². The summed E-state index contributed by atoms with van der Waals surface area (Å²) in [6.45, 7) is 0.224. The smallest absolute Gasteiger partial charge is 0.327 e. The van der Waals surface area contributed by atoms with Crippen LogP contribution in [0.25, 0.3) is 0 Å². The van der Waals surface area contributed by atoms with E-state index >= 15 is 0 Å². The molecule has 1 aliphatic heterocycles. The Labute approximate surface area is 117 Å². The topological polar surface area (TPSA) is 90.0 Å². The van der Waals surface area contributed by atoms with Gasteiger partial charge in [-0.15, -0.1) is 0 Å². The third-order valence-electron chi connectivity index (χ3n) is 4.19. The lowest BCUT2D eigenvalue weighted by Gasteiger charge is -2.27. The van der Waals surface area contributed by atoms with E-state index in [1.54, 1.807) is 0 Å². The van der Waals surface area contributed by atoms with E-state index in [1.807, 2.05) is 0 Å². The van der Waals surface area contributed by atoms with Crippen LogP contribution in [0.4, 0.5) is 4.79 Å². The molecule has 1 heterocycles. The molecule has 2 rings (SSSR count). The molecule has 1 aliphatic carbocycles. The van der Waals surface area contributed by atoms with E-state index < -0.39 is 6.03 Å². The zero-order valence-corrected chi connectivity index (χ0v) is 11.7. The molecule has 0 aromatic carbocycles. The van der Waals surface area contributed by atoms with Crippen LogP contribution in [0.2, 0.25) is 0 Å². The Morgan fingerprint density at radius 3 is 2.50 bits per heavy atom. The minimum atomic E-state index is -0.442. The van der Waals surface area contributed by atoms with Crippen LogP contribution in [0.5, 0.6) is 0 Å². The number of carbonyl (C=O) groups excluding carboxylic acids is 3. The van der Waals surface area contributed by atoms with Gasteiger partial charge < -0.3 is 15.3 Å². The maximum Gasteiger partial charge on any atom is 0.327 e. The van der Waals surface area contributed by atoms with Gasteiger partial charge in [0.05, 0.1) is 6.61 Å². The van der Waals surface area contributed by atoms with Gasteiger partial charge in [-0.05, 0) is 12.8 Å². The fourth-order valence-electron chi connectivity index (χ4n) is 2.83. The van der Waals surface area contributed by atoms with Crippen LogP contribution in [0.3, 0.4) is 0 Å². The van der Waals surface area contributed by atoms with Crippen molar-refractivity contribution >= 4 is 17.8 Å². The molecule has 0 atom stereocenters. The monoisotopic (exact) mass is 283 g/mol. The van der Waals surface area contributed by atoms with Crippen molar-refractivity contribution in [3.63, 3.8) is 0 Å². The summed E-state index contributed by atoms with van der Waals surface area (Å²) in [5.41, 5.74) is -0.231. The second-order valence-corrected chi connectivity index (χ2v) is 5.76. The summed E-state index contributed by atoms with van der Waals surface area (Å²) in [4.78, 5) is 37.3. The maximum absolute atomic E-state index is 11.9. The number of likely N-dealkylation sites (N-methyl/N-ethyl adjacent to an activating group) is 1. The van der Waals surface area contributed by atoms with E-state index in [0.29, 0.717) is 6.54 Å². The van der Waals surface area contributed by atoms with Crippen molar-refractivity contribution < 1.29 is 19.5 Å². The van der Waals surface area contributed by atoms with Gasteiger partial charge in [0.1, 0.15) is 13.1 Å². The molecule has 4 amide bonds. The summed E-state index contributed by atoms with van der Waals surface area (Å²) in [6.07, 6.45) is 3.91. The molecule has 2 aliphatic rings. The minimum absolute atomic E-state index is 0.0205. The van der Waals surface area contributed by atoms with E-state index in [4.69, 9.17) is 0 Å². The van der Waals surface area contributed by atoms with Crippen molar-refractivity contribution in [2.75, 3.05) is 33.3 Å². The molecule has 1 saturated heterocycles. The maximum atomic E-state index is 11.9. The lowest BCUT2D eigenvalue weighted by atomic mass is 9.87. The zero-order chi connectivity index (χ0) is 14.8. The van der Waals surface area contributed by atoms with Crippen LogP contribution in [-0.2, 0) is 9.59 Å². The fourth-order valence-corrected chi connectivity index (χ4v) is 2.83. The summed E-state index contributed by atoms with van der Waals surface area (Å²) < 4.78 is 0. The molecule has 20 heavy (non-hydrogen) atoms. The van der Waals surface area contributed by atoms with Gasteiger partial charge in [0.25, 0.3) is 5.91 Å². The van der Waals surface area contributed by atoms with Crippen LogP contribution in [0.15, 0.2) is 0 Å². The highest BCUT2D eigenvalue weighted by Gasteiger charge is 2.36. The van der Waals surface area contributed by atoms with Crippen molar-refractivity contribution in [2.24, 2.45) is 5.41 Å². The SMILES string of the molecule is CN1CC(=O)N(CC(=O)NCC2(CO)CCCC2)C1=O. The van der Waals surface area contributed by atoms with E-state index in [0.717, 1.165) is 30.6 Å². The highest BCUT2D eigenvalue weighted by atomic mass is 16.3. The van der Waals surface area contributed by atoms with Gasteiger partial charge >= 0.3 is 6.03 Å². The van der Waals surface area contributed by atoms with Crippen LogP contribution >= 0.6 is 0 Å². The third kappa shape index (κ3) is 2.92. The van der Waals surface area contributed by atoms with Gasteiger partial charge in [0, 0.05) is 19.0 Å². The number of imide groups is 1. The lowest BCUT2D eigenvalue weighted by Crippen LogP contribution is -2.45. The van der Waals surface area contributed by atoms with Crippen molar-refractivity contribution in [1.29, 1.82) is 0 Å². The third-order valence-corrected chi connectivity index (χ3v) is 4.19. The molecule has 2 fully saturated rings. The Morgan fingerprint density at radius 1 is 1.35 bits per heavy atom. The molecule has 0 radical (unpaired) electrons. The second kappa shape index (κ2) is 5.78. The first-order valence-electron chi connectivity index (χ1n) is 6.90. The van der Waals surface area contributed by atoms with Crippen molar-refractivity contribution in [3.05, 3.63) is 0 Å². The molecule has 0 bridgehead atoms. The van der Waals surface area contributed by atoms with Crippen molar-refractivity contribution in [3.8, 4) is 0 Å². The first-order valence-corrected chi connectivity index (χ1v) is 6.90. The highest BCUT2D eigenvalue weighted by Crippen LogP contribution is 2.36. The van der Waals surface area contributed by atoms with E-state index in [1.165, 1.54) is 11.9 Å². The number of nitrogens with zero attached hydrogens (tertiary/aromatic N) is 2. The molecular weight excluding hydrogens is 262 g/mol. The van der Waals surface area contributed by atoms with Crippen molar-refractivity contribution in [1.82, 2.24) is 15.1 Å². The molecule has 2 N–H and O–H groups in total. The van der Waals surface area contributed by atoms with Gasteiger partial charge in [0.2, 0.25) is 5.91 Å². The lowest BCUT2D eigenvalue weighted by molar-refractivity contribution is -0.131. The number of amides is 4. The van der Waals surface area contributed by atoms with Gasteiger partial charge in [-0.3, -0.25) is 14.5 Å². The Morgan fingerprint density at radius 2 is 2.00 bits per heavy atom. The molecule has 0 aromatic heterocycles. The van der Waals surface area contributed by atoms with Crippen LogP contribution in [0.1, 0.15) is 25.7 Å².